The maximum absolute atomic E-state index is 3.77. The fraction of sp³-hybridized carbons (Fsp3) is 1.00. The van der Waals surface area contributed by atoms with E-state index in [4.69, 9.17) is 0 Å². The average molecular weight is 210 g/mol. The van der Waals surface area contributed by atoms with Crippen LogP contribution in [0, 0.1) is 11.8 Å². The Bertz CT molecular complexity index is 193. The summed E-state index contributed by atoms with van der Waals surface area (Å²) in [5.41, 5.74) is 0. The minimum absolute atomic E-state index is 0.829. The Morgan fingerprint density at radius 2 is 2.13 bits per heavy atom. The monoisotopic (exact) mass is 210 g/mol. The van der Waals surface area contributed by atoms with Crippen LogP contribution in [-0.2, 0) is 0 Å². The van der Waals surface area contributed by atoms with Crippen LogP contribution >= 0.6 is 0 Å². The third kappa shape index (κ3) is 3.18. The van der Waals surface area contributed by atoms with E-state index in [0.29, 0.717) is 0 Å². The molecule has 0 amide bonds. The lowest BCUT2D eigenvalue weighted by Gasteiger charge is -2.17. The van der Waals surface area contributed by atoms with Crippen LogP contribution in [0.3, 0.4) is 0 Å². The Kier molecular flexibility index (Phi) is 4.04. The molecule has 1 saturated heterocycles. The van der Waals surface area contributed by atoms with Crippen molar-refractivity contribution in [3.05, 3.63) is 0 Å². The van der Waals surface area contributed by atoms with Gasteiger partial charge in [-0.05, 0) is 57.2 Å². The first-order valence-electron chi connectivity index (χ1n) is 6.73. The topological polar surface area (TPSA) is 15.3 Å². The molecule has 88 valence electrons. The summed E-state index contributed by atoms with van der Waals surface area (Å²) in [6.45, 7) is 9.80. The SMILES string of the molecule is CCN1CCC(CNC2CCC(C)C2)C1. The predicted octanol–water partition coefficient (Wildman–Crippen LogP) is 2.11. The fourth-order valence-electron chi connectivity index (χ4n) is 3.09. The first-order valence-corrected chi connectivity index (χ1v) is 6.73. The van der Waals surface area contributed by atoms with E-state index < -0.39 is 0 Å². The van der Waals surface area contributed by atoms with Crippen molar-refractivity contribution in [3.8, 4) is 0 Å². The summed E-state index contributed by atoms with van der Waals surface area (Å²) in [5, 5.41) is 3.77. The van der Waals surface area contributed by atoms with Gasteiger partial charge in [0.2, 0.25) is 0 Å². The van der Waals surface area contributed by atoms with Crippen LogP contribution < -0.4 is 5.32 Å². The number of nitrogens with one attached hydrogen (secondary N) is 1. The Morgan fingerprint density at radius 3 is 2.73 bits per heavy atom. The maximum atomic E-state index is 3.77. The Labute approximate surface area is 94.4 Å². The highest BCUT2D eigenvalue weighted by atomic mass is 15.1. The first-order chi connectivity index (χ1) is 7.28. The molecule has 15 heavy (non-hydrogen) atoms. The summed E-state index contributed by atoms with van der Waals surface area (Å²) >= 11 is 0. The van der Waals surface area contributed by atoms with E-state index in [1.165, 1.54) is 51.9 Å². The number of rotatable bonds is 4. The van der Waals surface area contributed by atoms with Gasteiger partial charge in [0.25, 0.3) is 0 Å². The summed E-state index contributed by atoms with van der Waals surface area (Å²) in [6.07, 6.45) is 5.65. The van der Waals surface area contributed by atoms with E-state index in [-0.39, 0.29) is 0 Å². The molecule has 0 aromatic carbocycles. The fourth-order valence-corrected chi connectivity index (χ4v) is 3.09. The van der Waals surface area contributed by atoms with Gasteiger partial charge in [0.05, 0.1) is 0 Å². The quantitative estimate of drug-likeness (QED) is 0.764. The predicted molar refractivity (Wildman–Crippen MR) is 65.0 cm³/mol. The molecule has 0 aromatic rings. The lowest BCUT2D eigenvalue weighted by molar-refractivity contribution is 0.334. The van der Waals surface area contributed by atoms with Gasteiger partial charge in [-0.25, -0.2) is 0 Å². The first kappa shape index (κ1) is 11.4. The maximum Gasteiger partial charge on any atom is 0.00698 e. The van der Waals surface area contributed by atoms with Crippen molar-refractivity contribution in [2.24, 2.45) is 11.8 Å². The van der Waals surface area contributed by atoms with Crippen LogP contribution in [0.1, 0.15) is 39.5 Å². The van der Waals surface area contributed by atoms with Gasteiger partial charge < -0.3 is 10.2 Å². The molecule has 0 radical (unpaired) electrons. The highest BCUT2D eigenvalue weighted by Crippen LogP contribution is 2.25. The number of nitrogens with zero attached hydrogens (tertiary/aromatic N) is 1. The van der Waals surface area contributed by atoms with E-state index >= 15 is 0 Å². The molecule has 2 aliphatic rings. The molecule has 1 heterocycles. The normalized spacial score (nSPS) is 37.6. The third-order valence-electron chi connectivity index (χ3n) is 4.21. The van der Waals surface area contributed by atoms with Crippen molar-refractivity contribution in [3.63, 3.8) is 0 Å². The molecule has 0 bridgehead atoms. The van der Waals surface area contributed by atoms with Crippen molar-refractivity contribution < 1.29 is 0 Å². The summed E-state index contributed by atoms with van der Waals surface area (Å²) < 4.78 is 0. The number of hydrogen-bond donors (Lipinski definition) is 1. The molecule has 1 saturated carbocycles. The van der Waals surface area contributed by atoms with Crippen molar-refractivity contribution in [2.75, 3.05) is 26.2 Å². The van der Waals surface area contributed by atoms with E-state index in [1.807, 2.05) is 0 Å². The molecule has 1 aliphatic heterocycles. The van der Waals surface area contributed by atoms with Gasteiger partial charge >= 0.3 is 0 Å². The lowest BCUT2D eigenvalue weighted by Crippen LogP contribution is -2.32. The standard InChI is InChI=1S/C13H26N2/c1-3-15-7-6-12(10-15)9-14-13-5-4-11(2)8-13/h11-14H,3-10H2,1-2H3. The van der Waals surface area contributed by atoms with Gasteiger partial charge in [0.15, 0.2) is 0 Å². The largest absolute Gasteiger partial charge is 0.314 e. The minimum atomic E-state index is 0.829. The second-order valence-electron chi connectivity index (χ2n) is 5.57. The van der Waals surface area contributed by atoms with E-state index in [1.54, 1.807) is 0 Å². The lowest BCUT2D eigenvalue weighted by atomic mass is 10.1. The van der Waals surface area contributed by atoms with Crippen LogP contribution in [-0.4, -0.2) is 37.1 Å². The molecule has 2 fully saturated rings. The van der Waals surface area contributed by atoms with Gasteiger partial charge in [-0.2, -0.15) is 0 Å². The smallest absolute Gasteiger partial charge is 0.00698 e. The third-order valence-corrected chi connectivity index (χ3v) is 4.21. The minimum Gasteiger partial charge on any atom is -0.314 e. The molecule has 2 nitrogen and oxygen atoms in total. The summed E-state index contributed by atoms with van der Waals surface area (Å²) in [7, 11) is 0. The van der Waals surface area contributed by atoms with Crippen LogP contribution in [0.25, 0.3) is 0 Å². The summed E-state index contributed by atoms with van der Waals surface area (Å²) in [5.74, 6) is 1.87. The molecule has 2 rings (SSSR count). The van der Waals surface area contributed by atoms with Crippen LogP contribution in [0.5, 0.6) is 0 Å². The van der Waals surface area contributed by atoms with Crippen LogP contribution in [0.4, 0.5) is 0 Å². The summed E-state index contributed by atoms with van der Waals surface area (Å²) in [4.78, 5) is 2.57. The zero-order chi connectivity index (χ0) is 10.7. The van der Waals surface area contributed by atoms with E-state index in [0.717, 1.165) is 17.9 Å². The molecule has 2 heteroatoms. The van der Waals surface area contributed by atoms with Gasteiger partial charge in [-0.1, -0.05) is 13.8 Å². The number of likely N-dealkylation sites (tertiary alicyclic amines) is 1. The molecule has 3 atom stereocenters. The second-order valence-corrected chi connectivity index (χ2v) is 5.57. The second kappa shape index (κ2) is 5.31. The van der Waals surface area contributed by atoms with Crippen molar-refractivity contribution in [1.29, 1.82) is 0 Å². The molecule has 1 N–H and O–H groups in total. The van der Waals surface area contributed by atoms with Crippen molar-refractivity contribution in [2.45, 2.75) is 45.6 Å². The molecule has 0 aromatic heterocycles. The van der Waals surface area contributed by atoms with E-state index in [2.05, 4.69) is 24.1 Å². The zero-order valence-electron chi connectivity index (χ0n) is 10.3. The van der Waals surface area contributed by atoms with Crippen molar-refractivity contribution in [1.82, 2.24) is 10.2 Å². The van der Waals surface area contributed by atoms with Gasteiger partial charge in [-0.3, -0.25) is 0 Å². The Balaban J connectivity index is 1.62. The van der Waals surface area contributed by atoms with Crippen molar-refractivity contribution >= 4 is 0 Å². The molecular weight excluding hydrogens is 184 g/mol. The molecular formula is C13H26N2. The van der Waals surface area contributed by atoms with Gasteiger partial charge in [-0.15, -0.1) is 0 Å². The zero-order valence-corrected chi connectivity index (χ0v) is 10.3. The number of hydrogen-bond acceptors (Lipinski definition) is 2. The Hall–Kier alpha value is -0.0800. The molecule has 3 unspecified atom stereocenters. The molecule has 0 spiro atoms. The average Bonchev–Trinajstić information content (AvgIpc) is 2.83. The van der Waals surface area contributed by atoms with Gasteiger partial charge in [0.1, 0.15) is 0 Å². The van der Waals surface area contributed by atoms with Crippen LogP contribution in [0.15, 0.2) is 0 Å². The highest BCUT2D eigenvalue weighted by molar-refractivity contribution is 4.82. The van der Waals surface area contributed by atoms with Crippen LogP contribution in [0.2, 0.25) is 0 Å². The highest BCUT2D eigenvalue weighted by Gasteiger charge is 2.24. The van der Waals surface area contributed by atoms with Gasteiger partial charge in [0, 0.05) is 12.6 Å². The molecule has 1 aliphatic carbocycles. The van der Waals surface area contributed by atoms with E-state index in [9.17, 15) is 0 Å². The summed E-state index contributed by atoms with van der Waals surface area (Å²) in [6, 6.07) is 0.829. The Morgan fingerprint density at radius 1 is 1.27 bits per heavy atom.